The highest BCUT2D eigenvalue weighted by Crippen LogP contribution is 2.26. The van der Waals surface area contributed by atoms with Crippen LogP contribution in [0.4, 0.5) is 0 Å². The molecular formula is C11H18O. The van der Waals surface area contributed by atoms with Gasteiger partial charge < -0.3 is 0 Å². The first-order chi connectivity index (χ1) is 5.72. The lowest BCUT2D eigenvalue weighted by Crippen LogP contribution is -2.14. The highest BCUT2D eigenvalue weighted by Gasteiger charge is 2.18. The fraction of sp³-hybridized carbons (Fsp3) is 0.727. The third-order valence-electron chi connectivity index (χ3n) is 2.72. The Labute approximate surface area is 74.9 Å². The Balaban J connectivity index is 2.55. The van der Waals surface area contributed by atoms with Gasteiger partial charge in [0.15, 0.2) is 0 Å². The standard InChI is InChI=1S/C11H18O/c1-9-7-5-3-4-6-8-11(9)10(2)12/h11H,1,3-8H2,2H3. The van der Waals surface area contributed by atoms with E-state index in [1.807, 2.05) is 0 Å². The van der Waals surface area contributed by atoms with Crippen LogP contribution >= 0.6 is 0 Å². The van der Waals surface area contributed by atoms with E-state index in [0.29, 0.717) is 5.78 Å². The quantitative estimate of drug-likeness (QED) is 0.547. The van der Waals surface area contributed by atoms with E-state index in [1.165, 1.54) is 31.3 Å². The van der Waals surface area contributed by atoms with E-state index in [1.54, 1.807) is 6.92 Å². The molecule has 68 valence electrons. The van der Waals surface area contributed by atoms with Crippen LogP contribution in [-0.2, 0) is 4.79 Å². The lowest BCUT2D eigenvalue weighted by Gasteiger charge is -2.19. The molecule has 0 aromatic rings. The van der Waals surface area contributed by atoms with E-state index < -0.39 is 0 Å². The molecule has 1 aliphatic rings. The molecule has 0 amide bonds. The molecule has 0 aromatic carbocycles. The first kappa shape index (κ1) is 9.50. The van der Waals surface area contributed by atoms with Gasteiger partial charge in [0, 0.05) is 5.92 Å². The number of rotatable bonds is 1. The molecule has 0 aliphatic heterocycles. The summed E-state index contributed by atoms with van der Waals surface area (Å²) in [5, 5.41) is 0. The van der Waals surface area contributed by atoms with Gasteiger partial charge >= 0.3 is 0 Å². The first-order valence-corrected chi connectivity index (χ1v) is 4.90. The van der Waals surface area contributed by atoms with Gasteiger partial charge in [-0.15, -0.1) is 0 Å². The second kappa shape index (κ2) is 4.44. The highest BCUT2D eigenvalue weighted by molar-refractivity contribution is 5.81. The maximum Gasteiger partial charge on any atom is 0.136 e. The molecule has 0 aromatic heterocycles. The van der Waals surface area contributed by atoms with Crippen molar-refractivity contribution in [1.82, 2.24) is 0 Å². The van der Waals surface area contributed by atoms with Gasteiger partial charge in [0.1, 0.15) is 5.78 Å². The fourth-order valence-corrected chi connectivity index (χ4v) is 1.92. The molecule has 1 aliphatic carbocycles. The van der Waals surface area contributed by atoms with E-state index in [2.05, 4.69) is 6.58 Å². The Hall–Kier alpha value is -0.590. The number of carbonyl (C=O) groups excluding carboxylic acids is 1. The van der Waals surface area contributed by atoms with Crippen molar-refractivity contribution in [2.24, 2.45) is 5.92 Å². The van der Waals surface area contributed by atoms with Crippen molar-refractivity contribution in [3.63, 3.8) is 0 Å². The average Bonchev–Trinajstić information content (AvgIpc) is 1.96. The zero-order valence-corrected chi connectivity index (χ0v) is 7.94. The summed E-state index contributed by atoms with van der Waals surface area (Å²) in [6.07, 6.45) is 7.12. The van der Waals surface area contributed by atoms with Gasteiger partial charge in [-0.2, -0.15) is 0 Å². The number of Topliss-reactive ketones (excluding diaryl/α,β-unsaturated/α-hetero) is 1. The third kappa shape index (κ3) is 2.47. The molecule has 1 rings (SSSR count). The van der Waals surface area contributed by atoms with Crippen LogP contribution in [-0.4, -0.2) is 5.78 Å². The van der Waals surface area contributed by atoms with Crippen molar-refractivity contribution < 1.29 is 4.79 Å². The predicted octanol–water partition coefficient (Wildman–Crippen LogP) is 3.10. The molecule has 1 saturated carbocycles. The number of hydrogen-bond acceptors (Lipinski definition) is 1. The van der Waals surface area contributed by atoms with Crippen LogP contribution in [0.15, 0.2) is 12.2 Å². The molecule has 1 unspecified atom stereocenters. The summed E-state index contributed by atoms with van der Waals surface area (Å²) in [5.74, 6) is 0.479. The molecule has 0 N–H and O–H groups in total. The third-order valence-corrected chi connectivity index (χ3v) is 2.72. The van der Waals surface area contributed by atoms with Crippen molar-refractivity contribution in [2.45, 2.75) is 45.4 Å². The van der Waals surface area contributed by atoms with Gasteiger partial charge in [-0.05, 0) is 26.2 Å². The molecule has 12 heavy (non-hydrogen) atoms. The van der Waals surface area contributed by atoms with Gasteiger partial charge in [-0.3, -0.25) is 4.79 Å². The Kier molecular flexibility index (Phi) is 3.51. The van der Waals surface area contributed by atoms with Gasteiger partial charge in [-0.25, -0.2) is 0 Å². The van der Waals surface area contributed by atoms with E-state index in [0.717, 1.165) is 12.8 Å². The second-order valence-electron chi connectivity index (χ2n) is 3.77. The summed E-state index contributed by atoms with van der Waals surface area (Å²) < 4.78 is 0. The van der Waals surface area contributed by atoms with Gasteiger partial charge in [0.2, 0.25) is 0 Å². The highest BCUT2D eigenvalue weighted by atomic mass is 16.1. The van der Waals surface area contributed by atoms with Crippen molar-refractivity contribution in [1.29, 1.82) is 0 Å². The average molecular weight is 166 g/mol. The monoisotopic (exact) mass is 166 g/mol. The second-order valence-corrected chi connectivity index (χ2v) is 3.77. The zero-order valence-electron chi connectivity index (χ0n) is 7.94. The Morgan fingerprint density at radius 1 is 1.33 bits per heavy atom. The smallest absolute Gasteiger partial charge is 0.136 e. The maximum atomic E-state index is 11.2. The summed E-state index contributed by atoms with van der Waals surface area (Å²) in [5.41, 5.74) is 1.17. The molecule has 1 fully saturated rings. The van der Waals surface area contributed by atoms with Crippen LogP contribution in [0.5, 0.6) is 0 Å². The minimum Gasteiger partial charge on any atom is -0.299 e. The lowest BCUT2D eigenvalue weighted by molar-refractivity contribution is -0.119. The van der Waals surface area contributed by atoms with Crippen molar-refractivity contribution in [3.8, 4) is 0 Å². The molecule has 1 atom stereocenters. The molecule has 0 radical (unpaired) electrons. The van der Waals surface area contributed by atoms with Crippen LogP contribution in [0, 0.1) is 5.92 Å². The molecule has 0 spiro atoms. The molecule has 0 heterocycles. The van der Waals surface area contributed by atoms with Crippen LogP contribution in [0.3, 0.4) is 0 Å². The number of hydrogen-bond donors (Lipinski definition) is 0. The summed E-state index contributed by atoms with van der Waals surface area (Å²) in [4.78, 5) is 11.2. The maximum absolute atomic E-state index is 11.2. The van der Waals surface area contributed by atoms with Gasteiger partial charge in [0.05, 0.1) is 0 Å². The lowest BCUT2D eigenvalue weighted by atomic mass is 9.85. The van der Waals surface area contributed by atoms with Gasteiger partial charge in [-0.1, -0.05) is 31.4 Å². The Bertz CT molecular complexity index is 181. The van der Waals surface area contributed by atoms with E-state index in [4.69, 9.17) is 0 Å². The normalized spacial score (nSPS) is 26.1. The summed E-state index contributed by atoms with van der Waals surface area (Å²) in [6.45, 7) is 5.69. The molecule has 0 saturated heterocycles. The fourth-order valence-electron chi connectivity index (χ4n) is 1.92. The van der Waals surface area contributed by atoms with Crippen molar-refractivity contribution >= 4 is 5.78 Å². The molecule has 1 heteroatoms. The van der Waals surface area contributed by atoms with Crippen molar-refractivity contribution in [2.75, 3.05) is 0 Å². The van der Waals surface area contributed by atoms with Crippen LogP contribution < -0.4 is 0 Å². The van der Waals surface area contributed by atoms with Crippen LogP contribution in [0.25, 0.3) is 0 Å². The first-order valence-electron chi connectivity index (χ1n) is 4.90. The summed E-state index contributed by atoms with van der Waals surface area (Å²) in [6, 6.07) is 0. The largest absolute Gasteiger partial charge is 0.299 e. The van der Waals surface area contributed by atoms with E-state index >= 15 is 0 Å². The predicted molar refractivity (Wildman–Crippen MR) is 51.0 cm³/mol. The van der Waals surface area contributed by atoms with Crippen LogP contribution in [0.1, 0.15) is 45.4 Å². The Morgan fingerprint density at radius 2 is 2.00 bits per heavy atom. The molecular weight excluding hydrogens is 148 g/mol. The number of allylic oxidation sites excluding steroid dienone is 1. The van der Waals surface area contributed by atoms with Crippen molar-refractivity contribution in [3.05, 3.63) is 12.2 Å². The van der Waals surface area contributed by atoms with E-state index in [9.17, 15) is 4.79 Å². The van der Waals surface area contributed by atoms with Gasteiger partial charge in [0.25, 0.3) is 0 Å². The minimum absolute atomic E-state index is 0.172. The summed E-state index contributed by atoms with van der Waals surface area (Å²) in [7, 11) is 0. The van der Waals surface area contributed by atoms with Crippen LogP contribution in [0.2, 0.25) is 0 Å². The molecule has 0 bridgehead atoms. The SMILES string of the molecule is C=C1CCCCCCC1C(C)=O. The number of ketones is 1. The Morgan fingerprint density at radius 3 is 2.67 bits per heavy atom. The summed E-state index contributed by atoms with van der Waals surface area (Å²) >= 11 is 0. The zero-order chi connectivity index (χ0) is 8.97. The minimum atomic E-state index is 0.172. The topological polar surface area (TPSA) is 17.1 Å². The number of carbonyl (C=O) groups is 1. The van der Waals surface area contributed by atoms with E-state index in [-0.39, 0.29) is 5.92 Å². The molecule has 1 nitrogen and oxygen atoms in total.